The van der Waals surface area contributed by atoms with E-state index in [0.717, 1.165) is 25.7 Å². The van der Waals surface area contributed by atoms with Crippen molar-refractivity contribution in [1.82, 2.24) is 5.32 Å². The molecule has 1 saturated carbocycles. The van der Waals surface area contributed by atoms with Gasteiger partial charge in [0.25, 0.3) is 0 Å². The van der Waals surface area contributed by atoms with Crippen molar-refractivity contribution >= 4 is 17.5 Å². The van der Waals surface area contributed by atoms with E-state index >= 15 is 0 Å². The first-order valence-electron chi connectivity index (χ1n) is 10.3. The molecule has 0 saturated heterocycles. The molecule has 3 rings (SSSR count). The van der Waals surface area contributed by atoms with Crippen LogP contribution in [0.4, 0.5) is 5.69 Å². The van der Waals surface area contributed by atoms with Gasteiger partial charge in [-0.1, -0.05) is 42.5 Å². The van der Waals surface area contributed by atoms with Crippen LogP contribution < -0.4 is 10.6 Å². The van der Waals surface area contributed by atoms with E-state index in [4.69, 9.17) is 5.26 Å². The Morgan fingerprint density at radius 3 is 2.21 bits per heavy atom. The minimum atomic E-state index is -0.108. The number of nitriles is 1. The van der Waals surface area contributed by atoms with Crippen molar-refractivity contribution in [1.29, 1.82) is 5.26 Å². The molecule has 0 radical (unpaired) electrons. The zero-order valence-electron chi connectivity index (χ0n) is 16.6. The van der Waals surface area contributed by atoms with Crippen LogP contribution in [0.5, 0.6) is 0 Å². The van der Waals surface area contributed by atoms with E-state index in [1.54, 1.807) is 24.3 Å². The van der Waals surface area contributed by atoms with Gasteiger partial charge in [-0.15, -0.1) is 0 Å². The van der Waals surface area contributed by atoms with Gasteiger partial charge in [0.05, 0.1) is 11.3 Å². The molecule has 0 atom stereocenters. The molecule has 0 spiro atoms. The highest BCUT2D eigenvalue weighted by atomic mass is 16.2. The van der Waals surface area contributed by atoms with Crippen LogP contribution in [-0.4, -0.2) is 18.4 Å². The zero-order valence-corrected chi connectivity index (χ0v) is 16.6. The van der Waals surface area contributed by atoms with E-state index in [1.807, 2.05) is 18.2 Å². The standard InChI is InChI=1S/C24H27N3O2/c25-17-21-10-4-5-11-22(21)27-24(29)20-14-12-19(13-15-20)23(28)26-16-6-9-18-7-2-1-3-8-18/h1-5,7-8,10-11,19-20H,6,9,12-16H2,(H,26,28)(H,27,29). The topological polar surface area (TPSA) is 82.0 Å². The number of anilines is 1. The van der Waals surface area contributed by atoms with E-state index in [1.165, 1.54) is 5.56 Å². The molecule has 0 unspecified atom stereocenters. The predicted molar refractivity (Wildman–Crippen MR) is 113 cm³/mol. The van der Waals surface area contributed by atoms with Crippen LogP contribution in [0.25, 0.3) is 0 Å². The summed E-state index contributed by atoms with van der Waals surface area (Å²) in [5.74, 6) is -0.0767. The number of hydrogen-bond acceptors (Lipinski definition) is 3. The van der Waals surface area contributed by atoms with Crippen LogP contribution in [0.2, 0.25) is 0 Å². The van der Waals surface area contributed by atoms with E-state index < -0.39 is 0 Å². The minimum Gasteiger partial charge on any atom is -0.356 e. The predicted octanol–water partition coefficient (Wildman–Crippen LogP) is 4.05. The number of carbonyl (C=O) groups is 2. The molecule has 1 fully saturated rings. The van der Waals surface area contributed by atoms with Crippen molar-refractivity contribution in [3.8, 4) is 6.07 Å². The number of nitrogens with zero attached hydrogens (tertiary/aromatic N) is 1. The lowest BCUT2D eigenvalue weighted by Gasteiger charge is -2.27. The fourth-order valence-electron chi connectivity index (χ4n) is 3.84. The summed E-state index contributed by atoms with van der Waals surface area (Å²) in [5, 5.41) is 15.1. The van der Waals surface area contributed by atoms with E-state index in [0.29, 0.717) is 30.6 Å². The second-order valence-electron chi connectivity index (χ2n) is 7.58. The fourth-order valence-corrected chi connectivity index (χ4v) is 3.84. The molecule has 1 aliphatic rings. The molecule has 0 heterocycles. The number of carbonyl (C=O) groups excluding carboxylic acids is 2. The third kappa shape index (κ3) is 5.92. The number of amides is 2. The van der Waals surface area contributed by atoms with Crippen molar-refractivity contribution in [2.75, 3.05) is 11.9 Å². The molecule has 2 N–H and O–H groups in total. The molecule has 2 aromatic carbocycles. The molecular weight excluding hydrogens is 362 g/mol. The highest BCUT2D eigenvalue weighted by molar-refractivity contribution is 5.94. The van der Waals surface area contributed by atoms with Gasteiger partial charge >= 0.3 is 0 Å². The first-order valence-corrected chi connectivity index (χ1v) is 10.3. The summed E-state index contributed by atoms with van der Waals surface area (Å²) in [7, 11) is 0. The third-order valence-electron chi connectivity index (χ3n) is 5.56. The second kappa shape index (κ2) is 10.4. The Balaban J connectivity index is 1.38. The van der Waals surface area contributed by atoms with Gasteiger partial charge in [-0.05, 0) is 56.2 Å². The van der Waals surface area contributed by atoms with Gasteiger partial charge < -0.3 is 10.6 Å². The monoisotopic (exact) mass is 389 g/mol. The second-order valence-corrected chi connectivity index (χ2v) is 7.58. The maximum Gasteiger partial charge on any atom is 0.227 e. The Morgan fingerprint density at radius 1 is 0.897 bits per heavy atom. The lowest BCUT2D eigenvalue weighted by Crippen LogP contribution is -2.36. The molecule has 150 valence electrons. The highest BCUT2D eigenvalue weighted by Crippen LogP contribution is 2.30. The summed E-state index contributed by atoms with van der Waals surface area (Å²) in [6.45, 7) is 0.680. The van der Waals surface area contributed by atoms with Crippen LogP contribution in [0.1, 0.15) is 43.2 Å². The van der Waals surface area contributed by atoms with Crippen molar-refractivity contribution in [3.63, 3.8) is 0 Å². The normalized spacial score (nSPS) is 18.4. The maximum atomic E-state index is 12.5. The molecule has 5 nitrogen and oxygen atoms in total. The summed E-state index contributed by atoms with van der Waals surface area (Å²) in [5.41, 5.74) is 2.30. The SMILES string of the molecule is N#Cc1ccccc1NC(=O)C1CCC(C(=O)NCCCc2ccccc2)CC1. The zero-order chi connectivity index (χ0) is 20.5. The average Bonchev–Trinajstić information content (AvgIpc) is 2.77. The van der Waals surface area contributed by atoms with Gasteiger partial charge in [0, 0.05) is 18.4 Å². The van der Waals surface area contributed by atoms with E-state index in [-0.39, 0.29) is 23.7 Å². The smallest absolute Gasteiger partial charge is 0.227 e. The average molecular weight is 389 g/mol. The lowest BCUT2D eigenvalue weighted by molar-refractivity contribution is -0.128. The highest BCUT2D eigenvalue weighted by Gasteiger charge is 2.30. The summed E-state index contributed by atoms with van der Waals surface area (Å²) in [6.07, 6.45) is 4.72. The molecule has 0 aliphatic heterocycles. The Kier molecular flexibility index (Phi) is 7.40. The van der Waals surface area contributed by atoms with E-state index in [9.17, 15) is 9.59 Å². The minimum absolute atomic E-state index is 0.0119. The van der Waals surface area contributed by atoms with Gasteiger partial charge in [0.2, 0.25) is 11.8 Å². The maximum absolute atomic E-state index is 12.5. The number of nitrogens with one attached hydrogen (secondary N) is 2. The molecular formula is C24H27N3O2. The van der Waals surface area contributed by atoms with Crippen LogP contribution in [-0.2, 0) is 16.0 Å². The van der Waals surface area contributed by atoms with E-state index in [2.05, 4.69) is 28.8 Å². The van der Waals surface area contributed by atoms with Crippen molar-refractivity contribution < 1.29 is 9.59 Å². The van der Waals surface area contributed by atoms with Gasteiger partial charge in [0.1, 0.15) is 6.07 Å². The number of aryl methyl sites for hydroxylation is 1. The summed E-state index contributed by atoms with van der Waals surface area (Å²) >= 11 is 0. The first kappa shape index (κ1) is 20.6. The molecule has 2 aromatic rings. The van der Waals surface area contributed by atoms with Crippen LogP contribution in [0.15, 0.2) is 54.6 Å². The Bertz CT molecular complexity index is 865. The van der Waals surface area contributed by atoms with Gasteiger partial charge in [-0.3, -0.25) is 9.59 Å². The number of para-hydroxylation sites is 1. The Hall–Kier alpha value is -3.13. The number of rotatable bonds is 7. The first-order chi connectivity index (χ1) is 14.2. The summed E-state index contributed by atoms with van der Waals surface area (Å²) in [4.78, 5) is 24.9. The van der Waals surface area contributed by atoms with Gasteiger partial charge in [0.15, 0.2) is 0 Å². The summed E-state index contributed by atoms with van der Waals surface area (Å²) < 4.78 is 0. The Labute approximate surface area is 172 Å². The molecule has 5 heteroatoms. The number of benzene rings is 2. The molecule has 2 amide bonds. The lowest BCUT2D eigenvalue weighted by atomic mass is 9.81. The van der Waals surface area contributed by atoms with Gasteiger partial charge in [-0.25, -0.2) is 0 Å². The molecule has 1 aliphatic carbocycles. The quantitative estimate of drug-likeness (QED) is 0.701. The largest absolute Gasteiger partial charge is 0.356 e. The van der Waals surface area contributed by atoms with Crippen LogP contribution >= 0.6 is 0 Å². The van der Waals surface area contributed by atoms with Crippen LogP contribution in [0, 0.1) is 23.2 Å². The molecule has 29 heavy (non-hydrogen) atoms. The van der Waals surface area contributed by atoms with Crippen LogP contribution in [0.3, 0.4) is 0 Å². The van der Waals surface area contributed by atoms with Crippen molar-refractivity contribution in [2.24, 2.45) is 11.8 Å². The van der Waals surface area contributed by atoms with Crippen molar-refractivity contribution in [3.05, 3.63) is 65.7 Å². The summed E-state index contributed by atoms with van der Waals surface area (Å²) in [6, 6.07) is 19.4. The Morgan fingerprint density at radius 2 is 1.52 bits per heavy atom. The molecule has 0 bridgehead atoms. The van der Waals surface area contributed by atoms with Gasteiger partial charge in [-0.2, -0.15) is 5.26 Å². The fraction of sp³-hybridized carbons (Fsp3) is 0.375. The number of hydrogen-bond donors (Lipinski definition) is 2. The third-order valence-corrected chi connectivity index (χ3v) is 5.56. The van der Waals surface area contributed by atoms with Crippen molar-refractivity contribution in [2.45, 2.75) is 38.5 Å². The molecule has 0 aromatic heterocycles.